The van der Waals surface area contributed by atoms with Crippen molar-refractivity contribution < 1.29 is 42.9 Å². The highest BCUT2D eigenvalue weighted by Gasteiger charge is 2.42. The van der Waals surface area contributed by atoms with Crippen LogP contribution in [0.25, 0.3) is 0 Å². The summed E-state index contributed by atoms with van der Waals surface area (Å²) in [6.07, 6.45) is 13.9. The number of likely N-dealkylation sites (N-methyl/N-ethyl adjacent to an activating group) is 1. The summed E-state index contributed by atoms with van der Waals surface area (Å²) in [6.45, 7) is 6.19. The van der Waals surface area contributed by atoms with Gasteiger partial charge in [-0.25, -0.2) is 14.8 Å². The first-order valence-electron chi connectivity index (χ1n) is 27.2. The number of carbonyl (C=O) groups is 5. The van der Waals surface area contributed by atoms with E-state index in [0.717, 1.165) is 67.9 Å². The fourth-order valence-corrected chi connectivity index (χ4v) is 10.2. The molecular weight excluding hydrogens is 1050 g/mol. The van der Waals surface area contributed by atoms with Gasteiger partial charge < -0.3 is 66.4 Å². The largest absolute Gasteiger partial charge is 0.486 e. The molecule has 2 aromatic carbocycles. The second-order valence-corrected chi connectivity index (χ2v) is 20.7. The van der Waals surface area contributed by atoms with Gasteiger partial charge in [-0.2, -0.15) is 11.8 Å². The number of aromatic nitrogens is 3. The number of nitrogens with zero attached hydrogens (tertiary/aromatic N) is 4. The van der Waals surface area contributed by atoms with E-state index in [2.05, 4.69) is 62.4 Å². The third-order valence-electron chi connectivity index (χ3n) is 12.6. The summed E-state index contributed by atoms with van der Waals surface area (Å²) in [5, 5.41) is 25.0. The van der Waals surface area contributed by atoms with Crippen LogP contribution in [0.5, 0.6) is 5.75 Å². The minimum Gasteiger partial charge on any atom is -0.486 e. The molecule has 2 aliphatic rings. The predicted molar refractivity (Wildman–Crippen MR) is 308 cm³/mol. The molecule has 23 heteroatoms. The molecule has 2 aromatic heterocycles. The van der Waals surface area contributed by atoms with Crippen LogP contribution in [0.2, 0.25) is 5.02 Å². The van der Waals surface area contributed by atoms with Crippen LogP contribution >= 0.6 is 23.4 Å². The van der Waals surface area contributed by atoms with Gasteiger partial charge in [0.1, 0.15) is 30.3 Å². The molecular formula is C56H77ClN12O9S. The average molecular weight is 1130 g/mol. The molecule has 2 fully saturated rings. The fraction of sp³-hybridized carbons (Fsp3) is 0.500. The first-order chi connectivity index (χ1) is 38.6. The second kappa shape index (κ2) is 35.8. The van der Waals surface area contributed by atoms with Crippen molar-refractivity contribution in [1.29, 1.82) is 0 Å². The van der Waals surface area contributed by atoms with E-state index >= 15 is 0 Å². The van der Waals surface area contributed by atoms with Gasteiger partial charge in [0, 0.05) is 105 Å². The highest BCUT2D eigenvalue weighted by Crippen LogP contribution is 2.33. The second-order valence-electron chi connectivity index (χ2n) is 19.1. The third kappa shape index (κ3) is 25.0. The van der Waals surface area contributed by atoms with Gasteiger partial charge in [-0.3, -0.25) is 24.2 Å². The van der Waals surface area contributed by atoms with Crippen molar-refractivity contribution in [3.63, 3.8) is 0 Å². The first kappa shape index (κ1) is 61.6. The summed E-state index contributed by atoms with van der Waals surface area (Å²) < 4.78 is 22.6. The SMILES string of the molecule is CN(CC=CC(=O)Nc1cccc(Nc2cc(Nc3ccc(OCc4ccccn4)c(Cl)c3)ncn2)c1)CCCCNC(=O)CCCC(=O)NCCCOCCOCCOCCCNC(=O)CCCC[C@@H]1SC[C@@H]2NC(=O)N[C@@H]21. The van der Waals surface area contributed by atoms with Crippen LogP contribution in [0.1, 0.15) is 76.3 Å². The van der Waals surface area contributed by atoms with E-state index in [1.54, 1.807) is 30.5 Å². The zero-order valence-electron chi connectivity index (χ0n) is 45.1. The maximum Gasteiger partial charge on any atom is 0.315 e. The molecule has 4 heterocycles. The minimum atomic E-state index is -0.252. The number of hydrogen-bond donors (Lipinski definition) is 8. The van der Waals surface area contributed by atoms with Crippen LogP contribution in [-0.2, 0) is 40.0 Å². The topological polar surface area (TPSA) is 260 Å². The number of anilines is 5. The summed E-state index contributed by atoms with van der Waals surface area (Å²) in [5.74, 6) is 2.24. The Morgan fingerprint density at radius 3 is 2.05 bits per heavy atom. The Labute approximate surface area is 472 Å². The van der Waals surface area contributed by atoms with Gasteiger partial charge >= 0.3 is 6.03 Å². The molecule has 8 N–H and O–H groups in total. The maximum atomic E-state index is 12.7. The molecule has 0 bridgehead atoms. The molecule has 2 saturated heterocycles. The lowest BCUT2D eigenvalue weighted by molar-refractivity contribution is -0.123. The number of nitrogens with one attached hydrogen (secondary N) is 8. The van der Waals surface area contributed by atoms with Crippen molar-refractivity contribution in [2.45, 2.75) is 94.6 Å². The number of rotatable bonds is 39. The van der Waals surface area contributed by atoms with Crippen molar-refractivity contribution in [2.24, 2.45) is 0 Å². The van der Waals surface area contributed by atoms with E-state index in [1.165, 1.54) is 12.4 Å². The molecule has 0 saturated carbocycles. The lowest BCUT2D eigenvalue weighted by atomic mass is 10.0. The maximum absolute atomic E-state index is 12.7. The van der Waals surface area contributed by atoms with Gasteiger partial charge in [-0.05, 0) is 107 Å². The van der Waals surface area contributed by atoms with Gasteiger partial charge in [-0.15, -0.1) is 0 Å². The Kier molecular flexibility index (Phi) is 28.0. The zero-order valence-corrected chi connectivity index (χ0v) is 46.7. The Morgan fingerprint density at radius 2 is 1.37 bits per heavy atom. The van der Waals surface area contributed by atoms with Crippen LogP contribution in [0.15, 0.2) is 91.4 Å². The monoisotopic (exact) mass is 1130 g/mol. The molecule has 2 aliphatic heterocycles. The summed E-state index contributed by atoms with van der Waals surface area (Å²) in [5.41, 5.74) is 2.86. The number of urea groups is 1. The molecule has 4 aromatic rings. The normalized spacial score (nSPS) is 15.5. The molecule has 0 radical (unpaired) electrons. The van der Waals surface area contributed by atoms with E-state index < -0.39 is 0 Å². The van der Waals surface area contributed by atoms with Crippen molar-refractivity contribution in [1.82, 2.24) is 46.4 Å². The predicted octanol–water partition coefficient (Wildman–Crippen LogP) is 6.87. The minimum absolute atomic E-state index is 0.0614. The molecule has 0 aliphatic carbocycles. The number of unbranched alkanes of at least 4 members (excludes halogenated alkanes) is 2. The lowest BCUT2D eigenvalue weighted by Crippen LogP contribution is -2.36. The molecule has 3 atom stereocenters. The number of hydrogen-bond acceptors (Lipinski definition) is 16. The summed E-state index contributed by atoms with van der Waals surface area (Å²) in [4.78, 5) is 76.0. The van der Waals surface area contributed by atoms with Crippen molar-refractivity contribution >= 4 is 81.7 Å². The van der Waals surface area contributed by atoms with Gasteiger partial charge in [0.15, 0.2) is 0 Å². The van der Waals surface area contributed by atoms with Crippen LogP contribution < -0.4 is 47.3 Å². The smallest absolute Gasteiger partial charge is 0.315 e. The average Bonchev–Trinajstić information content (AvgIpc) is 4.05. The van der Waals surface area contributed by atoms with Gasteiger partial charge in [0.25, 0.3) is 0 Å². The highest BCUT2D eigenvalue weighted by atomic mass is 35.5. The number of thioether (sulfide) groups is 1. The van der Waals surface area contributed by atoms with E-state index in [4.69, 9.17) is 30.5 Å². The fourth-order valence-electron chi connectivity index (χ4n) is 8.44. The zero-order chi connectivity index (χ0) is 55.7. The Balaban J connectivity index is 0.681. The quantitative estimate of drug-likeness (QED) is 0.0129. The van der Waals surface area contributed by atoms with Crippen molar-refractivity contribution in [2.75, 3.05) is 101 Å². The highest BCUT2D eigenvalue weighted by molar-refractivity contribution is 8.00. The van der Waals surface area contributed by atoms with Crippen LogP contribution in [0.4, 0.5) is 33.5 Å². The number of halogens is 1. The molecule has 0 unspecified atom stereocenters. The van der Waals surface area contributed by atoms with Crippen molar-refractivity contribution in [3.05, 3.63) is 102 Å². The molecule has 21 nitrogen and oxygen atoms in total. The van der Waals surface area contributed by atoms with E-state index in [0.29, 0.717) is 125 Å². The van der Waals surface area contributed by atoms with E-state index in [1.807, 2.05) is 67.4 Å². The molecule has 6 amide bonds. The molecule has 6 rings (SSSR count). The third-order valence-corrected chi connectivity index (χ3v) is 14.4. The van der Waals surface area contributed by atoms with Gasteiger partial charge in [-0.1, -0.05) is 36.2 Å². The molecule has 79 heavy (non-hydrogen) atoms. The number of carbonyl (C=O) groups excluding carboxylic acids is 5. The van der Waals surface area contributed by atoms with Crippen LogP contribution in [0.3, 0.4) is 0 Å². The Morgan fingerprint density at radius 1 is 0.709 bits per heavy atom. The number of amides is 6. The lowest BCUT2D eigenvalue weighted by Gasteiger charge is -2.16. The number of pyridine rings is 1. The standard InChI is InChI=1S/C56H77ClN12O9S/c1-69(28-10-20-54(73)66-42-15-8-14-41(35-42)64-49-37-50(63-40-62-49)65-43-21-22-47(45(57)36-43)78-38-44-13-4-5-23-58-44)27-7-6-24-59-52(71)18-9-19-53(72)61-26-12-30-76-32-34-77-33-31-75-29-11-25-60-51(70)17-3-2-16-48-55-46(39-79-48)67-56(74)68-55/h4-5,8,10,13-15,20-23,35-37,40,46,48,55H,2-3,6-7,9,11-12,16-19,24-34,38-39H2,1H3,(H,59,71)(H,60,70)(H,61,72)(H,66,73)(H2,67,68,74)(H2,62,63,64,65)/t46-,48-,55-/m0/s1. The van der Waals surface area contributed by atoms with E-state index in [-0.39, 0.29) is 54.6 Å². The number of fused-ring (bicyclic) bond motifs is 1. The molecule has 428 valence electrons. The molecule has 0 spiro atoms. The van der Waals surface area contributed by atoms with Crippen LogP contribution in [-0.4, -0.2) is 152 Å². The summed E-state index contributed by atoms with van der Waals surface area (Å²) in [6, 6.07) is 20.5. The van der Waals surface area contributed by atoms with E-state index in [9.17, 15) is 24.0 Å². The Bertz CT molecular complexity index is 2540. The summed E-state index contributed by atoms with van der Waals surface area (Å²) >= 11 is 8.39. The van der Waals surface area contributed by atoms with Crippen molar-refractivity contribution in [3.8, 4) is 5.75 Å². The Hall–Kier alpha value is -6.56. The van der Waals surface area contributed by atoms with Crippen LogP contribution in [0, 0.1) is 0 Å². The van der Waals surface area contributed by atoms with Gasteiger partial charge in [0.2, 0.25) is 23.6 Å². The number of ether oxygens (including phenoxy) is 4. The van der Waals surface area contributed by atoms with Gasteiger partial charge in [0.05, 0.1) is 49.2 Å². The number of benzene rings is 2. The summed E-state index contributed by atoms with van der Waals surface area (Å²) in [7, 11) is 1.98. The first-order valence-corrected chi connectivity index (χ1v) is 28.7.